The number of carbonyl (C=O) groups is 1. The molecule has 140 valence electrons. The Morgan fingerprint density at radius 3 is 2.44 bits per heavy atom. The first-order chi connectivity index (χ1) is 11.6. The summed E-state index contributed by atoms with van der Waals surface area (Å²) in [6, 6.07) is 0. The minimum atomic E-state index is -3.28. The van der Waals surface area contributed by atoms with Crippen LogP contribution in [0.1, 0.15) is 17.7 Å². The number of anilines is 2. The van der Waals surface area contributed by atoms with E-state index in [-0.39, 0.29) is 18.9 Å². The van der Waals surface area contributed by atoms with Crippen LogP contribution in [0.25, 0.3) is 0 Å². The normalized spacial score (nSPS) is 14.2. The van der Waals surface area contributed by atoms with Crippen LogP contribution in [-0.4, -0.2) is 76.7 Å². The van der Waals surface area contributed by atoms with Crippen LogP contribution in [0.15, 0.2) is 0 Å². The number of amides is 1. The zero-order chi connectivity index (χ0) is 18.8. The topological polar surface area (TPSA) is 98.7 Å². The zero-order valence-electron chi connectivity index (χ0n) is 15.4. The van der Waals surface area contributed by atoms with E-state index < -0.39 is 10.0 Å². The average molecular weight is 370 g/mol. The number of rotatable bonds is 6. The summed E-state index contributed by atoms with van der Waals surface area (Å²) in [5, 5.41) is 0. The van der Waals surface area contributed by atoms with Gasteiger partial charge in [0.1, 0.15) is 5.82 Å². The molecule has 0 aromatic carbocycles. The van der Waals surface area contributed by atoms with Gasteiger partial charge in [-0.25, -0.2) is 18.1 Å². The summed E-state index contributed by atoms with van der Waals surface area (Å²) in [5.74, 6) is 1.40. The second-order valence-corrected chi connectivity index (χ2v) is 8.38. The fourth-order valence-electron chi connectivity index (χ4n) is 2.68. The Labute approximate surface area is 149 Å². The first-order valence-electron chi connectivity index (χ1n) is 8.05. The van der Waals surface area contributed by atoms with Gasteiger partial charge < -0.3 is 14.7 Å². The predicted octanol–water partition coefficient (Wildman–Crippen LogP) is -0.567. The maximum atomic E-state index is 12.4. The summed E-state index contributed by atoms with van der Waals surface area (Å²) in [6.07, 6.45) is 1.90. The van der Waals surface area contributed by atoms with Crippen molar-refractivity contribution >= 4 is 27.7 Å². The molecule has 9 nitrogen and oxygen atoms in total. The highest BCUT2D eigenvalue weighted by Gasteiger charge is 2.26. The molecule has 0 atom stereocenters. The summed E-state index contributed by atoms with van der Waals surface area (Å²) in [5.41, 5.74) is 1.91. The Bertz CT molecular complexity index is 748. The largest absolute Gasteiger partial charge is 0.362 e. The molecule has 0 fully saturated rings. The van der Waals surface area contributed by atoms with Crippen LogP contribution in [-0.2, 0) is 27.8 Å². The van der Waals surface area contributed by atoms with E-state index in [0.29, 0.717) is 25.5 Å². The fraction of sp³-hybridized carbons (Fsp3) is 0.667. The highest BCUT2D eigenvalue weighted by Crippen LogP contribution is 2.27. The van der Waals surface area contributed by atoms with E-state index in [9.17, 15) is 13.2 Å². The molecule has 0 saturated carbocycles. The van der Waals surface area contributed by atoms with E-state index in [2.05, 4.69) is 14.7 Å². The molecule has 1 aromatic rings. The van der Waals surface area contributed by atoms with E-state index >= 15 is 0 Å². The molecule has 1 aliphatic rings. The second kappa shape index (κ2) is 7.52. The van der Waals surface area contributed by atoms with E-state index in [1.807, 2.05) is 38.0 Å². The van der Waals surface area contributed by atoms with Crippen molar-refractivity contribution in [3.8, 4) is 0 Å². The Morgan fingerprint density at radius 1 is 1.20 bits per heavy atom. The Morgan fingerprint density at radius 2 is 1.88 bits per heavy atom. The number of hydrogen-bond donors (Lipinski definition) is 1. The highest BCUT2D eigenvalue weighted by molar-refractivity contribution is 7.88. The summed E-state index contributed by atoms with van der Waals surface area (Å²) < 4.78 is 24.5. The average Bonchev–Trinajstić information content (AvgIpc) is 2.51. The number of nitrogens with zero attached hydrogens (tertiary/aromatic N) is 5. The molecule has 0 bridgehead atoms. The molecule has 25 heavy (non-hydrogen) atoms. The Kier molecular flexibility index (Phi) is 5.83. The van der Waals surface area contributed by atoms with Gasteiger partial charge in [0.25, 0.3) is 0 Å². The van der Waals surface area contributed by atoms with E-state index in [4.69, 9.17) is 0 Å². The maximum Gasteiger partial charge on any atom is 0.227 e. The van der Waals surface area contributed by atoms with Crippen molar-refractivity contribution < 1.29 is 13.2 Å². The van der Waals surface area contributed by atoms with Crippen LogP contribution in [0.4, 0.5) is 11.8 Å². The van der Waals surface area contributed by atoms with Gasteiger partial charge in [0.15, 0.2) is 0 Å². The smallest absolute Gasteiger partial charge is 0.227 e. The van der Waals surface area contributed by atoms with Crippen molar-refractivity contribution in [3.05, 3.63) is 11.3 Å². The number of sulfonamides is 1. The van der Waals surface area contributed by atoms with Gasteiger partial charge in [-0.05, 0) is 6.42 Å². The summed E-state index contributed by atoms with van der Waals surface area (Å²) in [4.78, 5) is 27.1. The fourth-order valence-corrected chi connectivity index (χ4v) is 3.16. The standard InChI is InChI=1S/C15H26N6O3S/c1-19(2)14-11-7-9-21(13(22)6-8-16-25(5,23)24)10-12(11)17-15(18-14)20(3)4/h16H,6-10H2,1-5H3. The van der Waals surface area contributed by atoms with E-state index in [1.54, 1.807) is 4.90 Å². The van der Waals surface area contributed by atoms with E-state index in [0.717, 1.165) is 23.3 Å². The third-order valence-electron chi connectivity index (χ3n) is 3.91. The second-order valence-electron chi connectivity index (χ2n) is 6.54. The SMILES string of the molecule is CN(C)c1nc2c(c(N(C)C)n1)CCN(C(=O)CCNS(C)(=O)=O)C2. The van der Waals surface area contributed by atoms with E-state index in [1.165, 1.54) is 0 Å². The Hall–Kier alpha value is -1.94. The predicted molar refractivity (Wildman–Crippen MR) is 97.3 cm³/mol. The quantitative estimate of drug-likeness (QED) is 0.716. The number of hydrogen-bond acceptors (Lipinski definition) is 7. The number of carbonyl (C=O) groups excluding carboxylic acids is 1. The summed E-state index contributed by atoms with van der Waals surface area (Å²) in [6.45, 7) is 1.10. The minimum Gasteiger partial charge on any atom is -0.362 e. The van der Waals surface area contributed by atoms with Crippen molar-refractivity contribution in [3.63, 3.8) is 0 Å². The molecule has 10 heteroatoms. The van der Waals surface area contributed by atoms with Gasteiger partial charge in [-0.1, -0.05) is 0 Å². The van der Waals surface area contributed by atoms with Gasteiger partial charge in [-0.2, -0.15) is 4.98 Å². The van der Waals surface area contributed by atoms with Gasteiger partial charge in [0.05, 0.1) is 18.5 Å². The van der Waals surface area contributed by atoms with Gasteiger partial charge in [-0.3, -0.25) is 4.79 Å². The first kappa shape index (κ1) is 19.4. The molecule has 0 radical (unpaired) electrons. The molecule has 0 saturated heterocycles. The van der Waals surface area contributed by atoms with Crippen LogP contribution in [0, 0.1) is 0 Å². The molecule has 1 amide bonds. The van der Waals surface area contributed by atoms with Crippen LogP contribution < -0.4 is 14.5 Å². The van der Waals surface area contributed by atoms with Crippen LogP contribution in [0.5, 0.6) is 0 Å². The minimum absolute atomic E-state index is 0.0850. The van der Waals surface area contributed by atoms with Crippen molar-refractivity contribution in [2.45, 2.75) is 19.4 Å². The number of nitrogens with one attached hydrogen (secondary N) is 1. The zero-order valence-corrected chi connectivity index (χ0v) is 16.2. The van der Waals surface area contributed by atoms with Gasteiger partial charge >= 0.3 is 0 Å². The lowest BCUT2D eigenvalue weighted by molar-refractivity contribution is -0.132. The number of fused-ring (bicyclic) bond motifs is 1. The molecule has 1 aromatic heterocycles. The first-order valence-corrected chi connectivity index (χ1v) is 9.94. The lowest BCUT2D eigenvalue weighted by atomic mass is 10.0. The maximum absolute atomic E-state index is 12.4. The van der Waals surface area contributed by atoms with Crippen molar-refractivity contribution in [1.82, 2.24) is 19.6 Å². The van der Waals surface area contributed by atoms with Gasteiger partial charge in [0, 0.05) is 53.3 Å². The third-order valence-corrected chi connectivity index (χ3v) is 4.64. The molecule has 0 aliphatic carbocycles. The van der Waals surface area contributed by atoms with Gasteiger partial charge in [-0.15, -0.1) is 0 Å². The van der Waals surface area contributed by atoms with Crippen LogP contribution in [0.2, 0.25) is 0 Å². The van der Waals surface area contributed by atoms with Gasteiger partial charge in [0.2, 0.25) is 21.9 Å². The molecule has 1 N–H and O–H groups in total. The molecular formula is C15H26N6O3S. The molecule has 0 spiro atoms. The van der Waals surface area contributed by atoms with Crippen molar-refractivity contribution in [2.75, 3.05) is 57.3 Å². The summed E-state index contributed by atoms with van der Waals surface area (Å²) >= 11 is 0. The summed E-state index contributed by atoms with van der Waals surface area (Å²) in [7, 11) is 4.36. The van der Waals surface area contributed by atoms with Crippen molar-refractivity contribution in [2.24, 2.45) is 0 Å². The molecule has 0 unspecified atom stereocenters. The molecule has 1 aliphatic heterocycles. The molecule has 2 heterocycles. The monoisotopic (exact) mass is 370 g/mol. The third kappa shape index (κ3) is 5.02. The lowest BCUT2D eigenvalue weighted by Crippen LogP contribution is -2.39. The number of aromatic nitrogens is 2. The van der Waals surface area contributed by atoms with Crippen LogP contribution >= 0.6 is 0 Å². The Balaban J connectivity index is 2.15. The lowest BCUT2D eigenvalue weighted by Gasteiger charge is -2.31. The molecule has 2 rings (SSSR count). The molecular weight excluding hydrogens is 344 g/mol. The van der Waals surface area contributed by atoms with Crippen LogP contribution in [0.3, 0.4) is 0 Å². The van der Waals surface area contributed by atoms with Crippen molar-refractivity contribution in [1.29, 1.82) is 0 Å². The highest BCUT2D eigenvalue weighted by atomic mass is 32.2.